The van der Waals surface area contributed by atoms with E-state index in [-0.39, 0.29) is 5.91 Å². The van der Waals surface area contributed by atoms with E-state index >= 15 is 0 Å². The third-order valence-corrected chi connectivity index (χ3v) is 4.98. The third kappa shape index (κ3) is 5.45. The molecule has 7 heteroatoms. The third-order valence-electron chi connectivity index (χ3n) is 4.98. The number of rotatable bonds is 8. The van der Waals surface area contributed by atoms with Crippen LogP contribution in [0.4, 0.5) is 5.95 Å². The molecule has 31 heavy (non-hydrogen) atoms. The molecule has 0 bridgehead atoms. The lowest BCUT2D eigenvalue weighted by atomic mass is 10.1. The standard InChI is InChI=1S/C24H26N6O/c1-16-14-17(2)27-24(26-16)30-21(15-18-8-4-3-5-9-18)23(31)25-13-12-22-28-19-10-6-7-11-20(19)29-22/h3-11,14,21H,12-13,15H2,1-2H3,(H,25,31)(H,28,29)(H,26,27,30)/t21-/m0/s1. The van der Waals surface area contributed by atoms with E-state index in [1.165, 1.54) is 0 Å². The minimum Gasteiger partial charge on any atom is -0.354 e. The molecule has 2 heterocycles. The Labute approximate surface area is 181 Å². The number of aromatic amines is 1. The second-order valence-corrected chi connectivity index (χ2v) is 7.60. The molecule has 0 spiro atoms. The van der Waals surface area contributed by atoms with Crippen LogP contribution in [0.2, 0.25) is 0 Å². The van der Waals surface area contributed by atoms with E-state index in [1.807, 2.05) is 74.5 Å². The zero-order valence-electron chi connectivity index (χ0n) is 17.7. The van der Waals surface area contributed by atoms with Gasteiger partial charge >= 0.3 is 0 Å². The zero-order valence-corrected chi connectivity index (χ0v) is 17.7. The number of hydrogen-bond donors (Lipinski definition) is 3. The molecule has 0 aliphatic heterocycles. The Morgan fingerprint density at radius 2 is 1.68 bits per heavy atom. The first kappa shape index (κ1) is 20.5. The van der Waals surface area contributed by atoms with Crippen molar-refractivity contribution in [3.8, 4) is 0 Å². The van der Waals surface area contributed by atoms with Gasteiger partial charge in [-0.1, -0.05) is 42.5 Å². The Morgan fingerprint density at radius 3 is 2.42 bits per heavy atom. The van der Waals surface area contributed by atoms with Gasteiger partial charge in [0.05, 0.1) is 11.0 Å². The summed E-state index contributed by atoms with van der Waals surface area (Å²) in [7, 11) is 0. The number of carbonyl (C=O) groups excluding carboxylic acids is 1. The first-order valence-electron chi connectivity index (χ1n) is 10.4. The van der Waals surface area contributed by atoms with Crippen molar-refractivity contribution in [2.45, 2.75) is 32.7 Å². The number of amides is 1. The van der Waals surface area contributed by atoms with Gasteiger partial charge in [-0.25, -0.2) is 15.0 Å². The van der Waals surface area contributed by atoms with Crippen LogP contribution in [0, 0.1) is 13.8 Å². The van der Waals surface area contributed by atoms with Crippen molar-refractivity contribution in [2.75, 3.05) is 11.9 Å². The molecular formula is C24H26N6O. The van der Waals surface area contributed by atoms with E-state index in [1.54, 1.807) is 0 Å². The van der Waals surface area contributed by atoms with Gasteiger partial charge in [0.2, 0.25) is 11.9 Å². The van der Waals surface area contributed by atoms with E-state index in [2.05, 4.69) is 30.6 Å². The molecule has 0 saturated carbocycles. The lowest BCUT2D eigenvalue weighted by Gasteiger charge is -2.19. The number of imidazole rings is 1. The van der Waals surface area contributed by atoms with Crippen LogP contribution in [-0.4, -0.2) is 38.4 Å². The fourth-order valence-corrected chi connectivity index (χ4v) is 3.56. The van der Waals surface area contributed by atoms with E-state index in [0.29, 0.717) is 25.3 Å². The predicted octanol–water partition coefficient (Wildman–Crippen LogP) is 3.35. The molecule has 2 aromatic carbocycles. The number of aromatic nitrogens is 4. The number of para-hydroxylation sites is 2. The minimum atomic E-state index is -0.487. The summed E-state index contributed by atoms with van der Waals surface area (Å²) in [6.07, 6.45) is 1.16. The number of fused-ring (bicyclic) bond motifs is 1. The van der Waals surface area contributed by atoms with E-state index in [9.17, 15) is 4.79 Å². The number of carbonyl (C=O) groups is 1. The monoisotopic (exact) mass is 414 g/mol. The van der Waals surface area contributed by atoms with Gasteiger partial charge in [0.1, 0.15) is 11.9 Å². The average molecular weight is 415 g/mol. The van der Waals surface area contributed by atoms with Crippen LogP contribution >= 0.6 is 0 Å². The molecule has 4 aromatic rings. The first-order valence-corrected chi connectivity index (χ1v) is 10.4. The number of nitrogens with zero attached hydrogens (tertiary/aromatic N) is 3. The van der Waals surface area contributed by atoms with Crippen LogP contribution in [0.3, 0.4) is 0 Å². The maximum Gasteiger partial charge on any atom is 0.242 e. The van der Waals surface area contributed by atoms with Crippen LogP contribution < -0.4 is 10.6 Å². The molecule has 0 aliphatic carbocycles. The molecule has 0 radical (unpaired) electrons. The Hall–Kier alpha value is -3.74. The molecule has 4 rings (SSSR count). The molecule has 0 fully saturated rings. The molecule has 158 valence electrons. The summed E-state index contributed by atoms with van der Waals surface area (Å²) in [5, 5.41) is 6.25. The Kier molecular flexibility index (Phi) is 6.21. The van der Waals surface area contributed by atoms with Crippen LogP contribution in [0.15, 0.2) is 60.7 Å². The topological polar surface area (TPSA) is 95.6 Å². The van der Waals surface area contributed by atoms with Gasteiger partial charge in [-0.2, -0.15) is 0 Å². The molecule has 2 aromatic heterocycles. The van der Waals surface area contributed by atoms with Crippen molar-refractivity contribution in [3.63, 3.8) is 0 Å². The number of benzene rings is 2. The molecule has 0 saturated heterocycles. The molecule has 0 aliphatic rings. The summed E-state index contributed by atoms with van der Waals surface area (Å²) in [5.41, 5.74) is 4.72. The summed E-state index contributed by atoms with van der Waals surface area (Å²) >= 11 is 0. The van der Waals surface area contributed by atoms with Crippen molar-refractivity contribution in [1.82, 2.24) is 25.3 Å². The average Bonchev–Trinajstić information content (AvgIpc) is 3.16. The van der Waals surface area contributed by atoms with Gasteiger partial charge in [0.15, 0.2) is 0 Å². The summed E-state index contributed by atoms with van der Waals surface area (Å²) < 4.78 is 0. The number of nitrogens with one attached hydrogen (secondary N) is 3. The first-order chi connectivity index (χ1) is 15.1. The van der Waals surface area contributed by atoms with Gasteiger partial charge in [0, 0.05) is 30.8 Å². The van der Waals surface area contributed by atoms with Crippen LogP contribution in [0.5, 0.6) is 0 Å². The fourth-order valence-electron chi connectivity index (χ4n) is 3.56. The van der Waals surface area contributed by atoms with Crippen molar-refractivity contribution in [2.24, 2.45) is 0 Å². The van der Waals surface area contributed by atoms with Crippen molar-refractivity contribution >= 4 is 22.9 Å². The summed E-state index contributed by atoms with van der Waals surface area (Å²) in [6, 6.07) is 19.3. The van der Waals surface area contributed by atoms with Crippen LogP contribution in [0.25, 0.3) is 11.0 Å². The largest absolute Gasteiger partial charge is 0.354 e. The predicted molar refractivity (Wildman–Crippen MR) is 122 cm³/mol. The SMILES string of the molecule is Cc1cc(C)nc(N[C@@H](Cc2ccccc2)C(=O)NCCc2nc3ccccc3[nH]2)n1. The lowest BCUT2D eigenvalue weighted by molar-refractivity contribution is -0.121. The van der Waals surface area contributed by atoms with Crippen molar-refractivity contribution in [1.29, 1.82) is 0 Å². The highest BCUT2D eigenvalue weighted by Gasteiger charge is 2.20. The highest BCUT2D eigenvalue weighted by molar-refractivity contribution is 5.84. The van der Waals surface area contributed by atoms with Gasteiger partial charge in [-0.3, -0.25) is 4.79 Å². The van der Waals surface area contributed by atoms with Gasteiger partial charge in [-0.05, 0) is 37.6 Å². The molecule has 0 unspecified atom stereocenters. The van der Waals surface area contributed by atoms with E-state index in [0.717, 1.165) is 33.8 Å². The summed E-state index contributed by atoms with van der Waals surface area (Å²) in [4.78, 5) is 29.7. The quantitative estimate of drug-likeness (QED) is 0.411. The Morgan fingerprint density at radius 1 is 0.968 bits per heavy atom. The molecule has 1 atom stereocenters. The molecule has 7 nitrogen and oxygen atoms in total. The minimum absolute atomic E-state index is 0.0947. The fraction of sp³-hybridized carbons (Fsp3) is 0.250. The lowest BCUT2D eigenvalue weighted by Crippen LogP contribution is -2.42. The normalized spacial score (nSPS) is 11.9. The summed E-state index contributed by atoms with van der Waals surface area (Å²) in [6.45, 7) is 4.32. The van der Waals surface area contributed by atoms with Gasteiger partial charge in [0.25, 0.3) is 0 Å². The number of H-pyrrole nitrogens is 1. The second-order valence-electron chi connectivity index (χ2n) is 7.60. The molecular weight excluding hydrogens is 388 g/mol. The van der Waals surface area contributed by atoms with Gasteiger partial charge < -0.3 is 15.6 Å². The van der Waals surface area contributed by atoms with Gasteiger partial charge in [-0.15, -0.1) is 0 Å². The molecule has 3 N–H and O–H groups in total. The summed E-state index contributed by atoms with van der Waals surface area (Å²) in [5.74, 6) is 1.22. The second kappa shape index (κ2) is 9.38. The molecule has 1 amide bonds. The number of hydrogen-bond acceptors (Lipinski definition) is 5. The van der Waals surface area contributed by atoms with Crippen molar-refractivity contribution in [3.05, 3.63) is 83.4 Å². The van der Waals surface area contributed by atoms with Crippen LogP contribution in [-0.2, 0) is 17.6 Å². The highest BCUT2D eigenvalue weighted by Crippen LogP contribution is 2.12. The zero-order chi connectivity index (χ0) is 21.6. The maximum absolute atomic E-state index is 13.0. The highest BCUT2D eigenvalue weighted by atomic mass is 16.2. The van der Waals surface area contributed by atoms with Crippen LogP contribution in [0.1, 0.15) is 22.8 Å². The van der Waals surface area contributed by atoms with E-state index < -0.39 is 6.04 Å². The maximum atomic E-state index is 13.0. The Bertz CT molecular complexity index is 1120. The van der Waals surface area contributed by atoms with Crippen molar-refractivity contribution < 1.29 is 4.79 Å². The number of anilines is 1. The smallest absolute Gasteiger partial charge is 0.242 e. The Balaban J connectivity index is 1.43. The van der Waals surface area contributed by atoms with E-state index in [4.69, 9.17) is 0 Å². The number of aryl methyl sites for hydroxylation is 2.